The minimum absolute atomic E-state index is 0.0398. The number of hydrogen-bond donors (Lipinski definition) is 1. The molecule has 1 N–H and O–H groups in total. The Bertz CT molecular complexity index is 402. The van der Waals surface area contributed by atoms with E-state index in [1.807, 2.05) is 12.1 Å². The van der Waals surface area contributed by atoms with Crippen LogP contribution in [-0.4, -0.2) is 31.4 Å². The summed E-state index contributed by atoms with van der Waals surface area (Å²) in [6.07, 6.45) is 0.832. The van der Waals surface area contributed by atoms with Crippen LogP contribution in [-0.2, 0) is 6.42 Å². The van der Waals surface area contributed by atoms with Crippen molar-refractivity contribution in [1.82, 2.24) is 4.90 Å². The van der Waals surface area contributed by atoms with E-state index in [1.165, 1.54) is 7.05 Å². The average molecular weight is 206 g/mol. The number of rotatable bonds is 1. The molecule has 0 fully saturated rings. The molecule has 4 nitrogen and oxygen atoms in total. The molecule has 0 saturated heterocycles. The summed E-state index contributed by atoms with van der Waals surface area (Å²) in [5.74, 6) is -0.0398. The fourth-order valence-electron chi connectivity index (χ4n) is 1.93. The molecule has 15 heavy (non-hydrogen) atoms. The van der Waals surface area contributed by atoms with Gasteiger partial charge in [0.2, 0.25) is 0 Å². The molecule has 1 aromatic carbocycles. The zero-order chi connectivity index (χ0) is 11.0. The Morgan fingerprint density at radius 2 is 2.20 bits per heavy atom. The minimum atomic E-state index is -0.0458. The predicted molar refractivity (Wildman–Crippen MR) is 57.0 cm³/mol. The first kappa shape index (κ1) is 10.1. The van der Waals surface area contributed by atoms with Gasteiger partial charge in [-0.1, -0.05) is 12.1 Å². The Hall–Kier alpha value is -1.39. The van der Waals surface area contributed by atoms with Crippen LogP contribution in [0.1, 0.15) is 15.9 Å². The number of likely N-dealkylation sites (N-methyl/N-ethyl adjacent to an activating group) is 1. The highest BCUT2D eigenvalue weighted by molar-refractivity contribution is 6.00. The molecule has 1 aliphatic rings. The number of nitrogens with zero attached hydrogens (tertiary/aromatic N) is 1. The van der Waals surface area contributed by atoms with E-state index < -0.39 is 0 Å². The summed E-state index contributed by atoms with van der Waals surface area (Å²) in [7, 11) is 3.26. The summed E-state index contributed by atoms with van der Waals surface area (Å²) >= 11 is 0. The highest BCUT2D eigenvalue weighted by Gasteiger charge is 2.26. The molecule has 0 saturated carbocycles. The van der Waals surface area contributed by atoms with Crippen LogP contribution in [0.3, 0.4) is 0 Å². The molecule has 0 spiro atoms. The van der Waals surface area contributed by atoms with Crippen LogP contribution in [0.2, 0.25) is 0 Å². The van der Waals surface area contributed by atoms with E-state index in [4.69, 9.17) is 0 Å². The molecular weight excluding hydrogens is 192 g/mol. The van der Waals surface area contributed by atoms with Gasteiger partial charge in [0, 0.05) is 19.7 Å². The molecule has 0 radical (unpaired) electrons. The van der Waals surface area contributed by atoms with Crippen molar-refractivity contribution in [3.05, 3.63) is 34.5 Å². The first-order valence-corrected chi connectivity index (χ1v) is 4.99. The van der Waals surface area contributed by atoms with Crippen molar-refractivity contribution in [1.29, 1.82) is 0 Å². The topological polar surface area (TPSA) is 47.8 Å². The summed E-state index contributed by atoms with van der Waals surface area (Å²) in [4.78, 5) is 13.6. The number of carbonyl (C=O) groups excluding carboxylic acids is 1. The van der Waals surface area contributed by atoms with Crippen LogP contribution >= 0.6 is 0 Å². The average Bonchev–Trinajstić information content (AvgIpc) is 2.23. The van der Waals surface area contributed by atoms with E-state index in [1.54, 1.807) is 18.0 Å². The largest absolute Gasteiger partial charge is 0.629 e. The SMILES string of the molecule is CN1CCc2cccc([NH+](C)[O-])c2C1=O. The fraction of sp³-hybridized carbons (Fsp3) is 0.364. The van der Waals surface area contributed by atoms with Gasteiger partial charge in [0.05, 0.1) is 7.05 Å². The molecule has 80 valence electrons. The molecule has 1 aliphatic heterocycles. The predicted octanol–water partition coefficient (Wildman–Crippen LogP) is -0.0413. The first-order valence-electron chi connectivity index (χ1n) is 4.99. The summed E-state index contributed by atoms with van der Waals surface area (Å²) in [5, 5.41) is 11.4. The van der Waals surface area contributed by atoms with Crippen LogP contribution in [0.5, 0.6) is 0 Å². The summed E-state index contributed by atoms with van der Waals surface area (Å²) < 4.78 is 0. The molecule has 1 atom stereocenters. The highest BCUT2D eigenvalue weighted by Crippen LogP contribution is 2.22. The van der Waals surface area contributed by atoms with E-state index in [2.05, 4.69) is 0 Å². The number of nitrogens with one attached hydrogen (secondary N) is 1. The molecule has 1 amide bonds. The molecule has 1 unspecified atom stereocenters. The van der Waals surface area contributed by atoms with Gasteiger partial charge in [0.25, 0.3) is 5.91 Å². The third-order valence-electron chi connectivity index (χ3n) is 2.81. The zero-order valence-electron chi connectivity index (χ0n) is 8.91. The van der Waals surface area contributed by atoms with E-state index in [-0.39, 0.29) is 11.0 Å². The standard InChI is InChI=1S/C11H14N2O2/c1-12-7-6-8-4-3-5-9(13(2)15)10(8)11(12)14/h3-5,13H,6-7H2,1-2H3. The second kappa shape index (κ2) is 3.64. The van der Waals surface area contributed by atoms with Gasteiger partial charge >= 0.3 is 0 Å². The lowest BCUT2D eigenvalue weighted by Crippen LogP contribution is -2.98. The van der Waals surface area contributed by atoms with Gasteiger partial charge in [0.1, 0.15) is 11.3 Å². The van der Waals surface area contributed by atoms with E-state index >= 15 is 0 Å². The minimum Gasteiger partial charge on any atom is -0.629 e. The third kappa shape index (κ3) is 1.62. The smallest absolute Gasteiger partial charge is 0.259 e. The fourth-order valence-corrected chi connectivity index (χ4v) is 1.93. The number of amides is 1. The number of quaternary nitrogens is 1. The van der Waals surface area contributed by atoms with Crippen molar-refractivity contribution >= 4 is 11.6 Å². The van der Waals surface area contributed by atoms with Crippen molar-refractivity contribution in [2.24, 2.45) is 0 Å². The van der Waals surface area contributed by atoms with Crippen molar-refractivity contribution < 1.29 is 9.86 Å². The second-order valence-electron chi connectivity index (χ2n) is 3.87. The number of fused-ring (bicyclic) bond motifs is 1. The van der Waals surface area contributed by atoms with Gasteiger partial charge in [-0.3, -0.25) is 4.79 Å². The highest BCUT2D eigenvalue weighted by atomic mass is 16.5. The van der Waals surface area contributed by atoms with E-state index in [0.29, 0.717) is 11.3 Å². The van der Waals surface area contributed by atoms with Crippen LogP contribution in [0.25, 0.3) is 0 Å². The van der Waals surface area contributed by atoms with Crippen molar-refractivity contribution in [3.8, 4) is 0 Å². The van der Waals surface area contributed by atoms with Gasteiger partial charge in [-0.2, -0.15) is 0 Å². The molecule has 1 heterocycles. The first-order chi connectivity index (χ1) is 7.11. The van der Waals surface area contributed by atoms with Crippen molar-refractivity contribution in [2.45, 2.75) is 6.42 Å². The maximum atomic E-state index is 11.9. The third-order valence-corrected chi connectivity index (χ3v) is 2.81. The van der Waals surface area contributed by atoms with Crippen LogP contribution in [0, 0.1) is 5.21 Å². The van der Waals surface area contributed by atoms with Crippen LogP contribution < -0.4 is 5.06 Å². The van der Waals surface area contributed by atoms with Crippen LogP contribution in [0.15, 0.2) is 18.2 Å². The van der Waals surface area contributed by atoms with Gasteiger partial charge in [-0.05, 0) is 12.0 Å². The zero-order valence-corrected chi connectivity index (χ0v) is 8.91. The Labute approximate surface area is 88.7 Å². The van der Waals surface area contributed by atoms with Crippen molar-refractivity contribution in [2.75, 3.05) is 20.6 Å². The number of hydrogen-bond acceptors (Lipinski definition) is 2. The van der Waals surface area contributed by atoms with E-state index in [0.717, 1.165) is 18.5 Å². The summed E-state index contributed by atoms with van der Waals surface area (Å²) in [5.41, 5.74) is 2.13. The van der Waals surface area contributed by atoms with Gasteiger partial charge in [0.15, 0.2) is 0 Å². The van der Waals surface area contributed by atoms with Gasteiger partial charge < -0.3 is 15.2 Å². The maximum absolute atomic E-state index is 11.9. The quantitative estimate of drug-likeness (QED) is 0.655. The molecular formula is C11H14N2O2. The molecule has 2 rings (SSSR count). The normalized spacial score (nSPS) is 17.5. The Morgan fingerprint density at radius 3 is 2.87 bits per heavy atom. The lowest BCUT2D eigenvalue weighted by atomic mass is 9.97. The second-order valence-corrected chi connectivity index (χ2v) is 3.87. The molecule has 4 heteroatoms. The molecule has 0 bridgehead atoms. The molecule has 0 aliphatic carbocycles. The lowest BCUT2D eigenvalue weighted by Gasteiger charge is -2.28. The number of benzene rings is 1. The molecule has 0 aromatic heterocycles. The van der Waals surface area contributed by atoms with Crippen LogP contribution in [0.4, 0.5) is 5.69 Å². The monoisotopic (exact) mass is 206 g/mol. The summed E-state index contributed by atoms with van der Waals surface area (Å²) in [6.45, 7) is 0.729. The Morgan fingerprint density at radius 1 is 1.47 bits per heavy atom. The molecule has 1 aromatic rings. The van der Waals surface area contributed by atoms with Crippen molar-refractivity contribution in [3.63, 3.8) is 0 Å². The number of carbonyl (C=O) groups is 1. The Balaban J connectivity index is 2.57. The van der Waals surface area contributed by atoms with Gasteiger partial charge in [-0.25, -0.2) is 0 Å². The number of hydroxylamine groups is 1. The van der Waals surface area contributed by atoms with E-state index in [9.17, 15) is 10.0 Å². The van der Waals surface area contributed by atoms with Gasteiger partial charge in [-0.15, -0.1) is 0 Å². The maximum Gasteiger partial charge on any atom is 0.259 e. The summed E-state index contributed by atoms with van der Waals surface area (Å²) in [6, 6.07) is 5.49. The lowest BCUT2D eigenvalue weighted by molar-refractivity contribution is -0.751. The Kier molecular flexibility index (Phi) is 2.46.